The average molecular weight is 460 g/mol. The first kappa shape index (κ1) is 22.1. The zero-order valence-corrected chi connectivity index (χ0v) is 18.7. The first-order valence-corrected chi connectivity index (χ1v) is 11.7. The second kappa shape index (κ2) is 8.79. The largest absolute Gasteiger partial charge is 0.497 e. The van der Waals surface area contributed by atoms with Gasteiger partial charge in [0.2, 0.25) is 15.9 Å². The molecule has 4 rings (SSSR count). The van der Waals surface area contributed by atoms with E-state index in [0.717, 1.165) is 5.56 Å². The van der Waals surface area contributed by atoms with Crippen LogP contribution < -0.4 is 14.8 Å². The Labute approximate surface area is 187 Å². The number of methoxy groups -OCH3 is 1. The maximum atomic E-state index is 13.1. The summed E-state index contributed by atoms with van der Waals surface area (Å²) in [6.45, 7) is 2.64. The predicted octanol–water partition coefficient (Wildman–Crippen LogP) is 1.49. The number of nitrogens with zero attached hydrogens (tertiary/aromatic N) is 2. The van der Waals surface area contributed by atoms with E-state index in [4.69, 9.17) is 9.47 Å². The summed E-state index contributed by atoms with van der Waals surface area (Å²) in [6, 6.07) is 11.8. The molecule has 0 radical (unpaired) electrons. The van der Waals surface area contributed by atoms with Crippen molar-refractivity contribution < 1.29 is 27.5 Å². The molecule has 2 aromatic carbocycles. The van der Waals surface area contributed by atoms with E-state index < -0.39 is 16.1 Å². The molecule has 0 aromatic heterocycles. The number of anilines is 1. The Balaban J connectivity index is 1.40. The highest BCUT2D eigenvalue weighted by molar-refractivity contribution is 7.89. The lowest BCUT2D eigenvalue weighted by atomic mass is 10.1. The maximum Gasteiger partial charge on any atom is 0.265 e. The van der Waals surface area contributed by atoms with Crippen LogP contribution >= 0.6 is 0 Å². The highest BCUT2D eigenvalue weighted by Gasteiger charge is 2.32. The lowest BCUT2D eigenvalue weighted by molar-refractivity contribution is -0.131. The molecule has 0 unspecified atom stereocenters. The smallest absolute Gasteiger partial charge is 0.265 e. The third-order valence-corrected chi connectivity index (χ3v) is 7.50. The standard InChI is InChI=1S/C22H25N3O6S/c1-15-22(27)23-19-14-18(6-7-20(19)31-15)32(28,29)25-10-8-24(9-11-25)21(26)13-16-4-3-5-17(12-16)30-2/h3-7,12,14-15H,8-11,13H2,1-2H3,(H,23,27)/t15-/m0/s1. The number of fused-ring (bicyclic) bond motifs is 1. The Bertz CT molecular complexity index is 1140. The zero-order valence-electron chi connectivity index (χ0n) is 17.9. The van der Waals surface area contributed by atoms with Gasteiger partial charge in [0.05, 0.1) is 24.1 Å². The van der Waals surface area contributed by atoms with E-state index in [1.165, 1.54) is 16.4 Å². The molecule has 2 heterocycles. The molecule has 0 spiro atoms. The number of nitrogens with one attached hydrogen (secondary N) is 1. The van der Waals surface area contributed by atoms with Crippen molar-refractivity contribution in [1.29, 1.82) is 0 Å². The van der Waals surface area contributed by atoms with Crippen LogP contribution in [-0.4, -0.2) is 68.8 Å². The van der Waals surface area contributed by atoms with Gasteiger partial charge in [-0.15, -0.1) is 0 Å². The molecule has 2 amide bonds. The van der Waals surface area contributed by atoms with Crippen LogP contribution in [0.5, 0.6) is 11.5 Å². The highest BCUT2D eigenvalue weighted by Crippen LogP contribution is 2.33. The average Bonchev–Trinajstić information content (AvgIpc) is 2.79. The van der Waals surface area contributed by atoms with Gasteiger partial charge >= 0.3 is 0 Å². The van der Waals surface area contributed by atoms with Crippen LogP contribution in [0, 0.1) is 0 Å². The molecular formula is C22H25N3O6S. The first-order valence-electron chi connectivity index (χ1n) is 10.3. The van der Waals surface area contributed by atoms with Crippen LogP contribution in [0.15, 0.2) is 47.4 Å². The number of hydrogen-bond donors (Lipinski definition) is 1. The fraction of sp³-hybridized carbons (Fsp3) is 0.364. The number of ether oxygens (including phenoxy) is 2. The summed E-state index contributed by atoms with van der Waals surface area (Å²) in [5.74, 6) is 0.740. The van der Waals surface area contributed by atoms with Crippen LogP contribution in [-0.2, 0) is 26.0 Å². The second-order valence-corrected chi connectivity index (χ2v) is 9.66. The van der Waals surface area contributed by atoms with E-state index in [0.29, 0.717) is 30.3 Å². The predicted molar refractivity (Wildman–Crippen MR) is 117 cm³/mol. The number of carbonyl (C=O) groups excluding carboxylic acids is 2. The summed E-state index contributed by atoms with van der Waals surface area (Å²) >= 11 is 0. The van der Waals surface area contributed by atoms with Crippen molar-refractivity contribution in [2.24, 2.45) is 0 Å². The third-order valence-electron chi connectivity index (χ3n) is 5.60. The summed E-state index contributed by atoms with van der Waals surface area (Å²) < 4.78 is 38.3. The molecule has 0 saturated carbocycles. The quantitative estimate of drug-likeness (QED) is 0.726. The van der Waals surface area contributed by atoms with E-state index in [2.05, 4.69) is 5.32 Å². The molecule has 1 N–H and O–H groups in total. The van der Waals surface area contributed by atoms with Crippen molar-refractivity contribution in [2.45, 2.75) is 24.3 Å². The number of amides is 2. The Kier molecular flexibility index (Phi) is 6.07. The minimum absolute atomic E-state index is 0.0573. The summed E-state index contributed by atoms with van der Waals surface area (Å²) in [5, 5.41) is 2.67. The number of carbonyl (C=O) groups is 2. The molecule has 10 heteroatoms. The molecule has 2 aliphatic heterocycles. The lowest BCUT2D eigenvalue weighted by Gasteiger charge is -2.34. The molecule has 2 aromatic rings. The Morgan fingerprint density at radius 1 is 1.16 bits per heavy atom. The van der Waals surface area contributed by atoms with Crippen LogP contribution in [0.3, 0.4) is 0 Å². The van der Waals surface area contributed by atoms with Crippen molar-refractivity contribution in [2.75, 3.05) is 38.6 Å². The Morgan fingerprint density at radius 3 is 2.62 bits per heavy atom. The number of benzene rings is 2. The van der Waals surface area contributed by atoms with E-state index in [1.807, 2.05) is 24.3 Å². The first-order chi connectivity index (χ1) is 15.3. The van der Waals surface area contributed by atoms with Crippen molar-refractivity contribution in [3.05, 3.63) is 48.0 Å². The maximum absolute atomic E-state index is 13.1. The van der Waals surface area contributed by atoms with Gasteiger partial charge in [0, 0.05) is 26.2 Å². The minimum atomic E-state index is -3.77. The van der Waals surface area contributed by atoms with Crippen LogP contribution in [0.25, 0.3) is 0 Å². The van der Waals surface area contributed by atoms with E-state index in [-0.39, 0.29) is 36.2 Å². The van der Waals surface area contributed by atoms with E-state index in [1.54, 1.807) is 25.0 Å². The fourth-order valence-electron chi connectivity index (χ4n) is 3.74. The molecular weight excluding hydrogens is 434 g/mol. The molecule has 9 nitrogen and oxygen atoms in total. The number of rotatable bonds is 5. The van der Waals surface area contributed by atoms with E-state index >= 15 is 0 Å². The minimum Gasteiger partial charge on any atom is -0.497 e. The number of sulfonamides is 1. The van der Waals surface area contributed by atoms with Gasteiger partial charge in [0.1, 0.15) is 11.5 Å². The van der Waals surface area contributed by atoms with Gasteiger partial charge < -0.3 is 19.7 Å². The number of piperazine rings is 1. The third kappa shape index (κ3) is 4.42. The van der Waals surface area contributed by atoms with Crippen LogP contribution in [0.1, 0.15) is 12.5 Å². The monoisotopic (exact) mass is 459 g/mol. The topological polar surface area (TPSA) is 105 Å². The normalized spacial score (nSPS) is 19.0. The Morgan fingerprint density at radius 2 is 1.91 bits per heavy atom. The zero-order chi connectivity index (χ0) is 22.9. The molecule has 0 aliphatic carbocycles. The molecule has 1 atom stereocenters. The second-order valence-electron chi connectivity index (χ2n) is 7.72. The summed E-state index contributed by atoms with van der Waals surface area (Å²) in [4.78, 5) is 26.3. The van der Waals surface area contributed by atoms with Gasteiger partial charge in [-0.1, -0.05) is 12.1 Å². The summed E-state index contributed by atoms with van der Waals surface area (Å²) in [5.41, 5.74) is 1.18. The lowest BCUT2D eigenvalue weighted by Crippen LogP contribution is -2.50. The van der Waals surface area contributed by atoms with Crippen molar-refractivity contribution in [1.82, 2.24) is 9.21 Å². The molecule has 0 bridgehead atoms. The summed E-state index contributed by atoms with van der Waals surface area (Å²) in [7, 11) is -2.20. The van der Waals surface area contributed by atoms with Crippen molar-refractivity contribution in [3.8, 4) is 11.5 Å². The molecule has 170 valence electrons. The van der Waals surface area contributed by atoms with Crippen LogP contribution in [0.4, 0.5) is 5.69 Å². The van der Waals surface area contributed by atoms with E-state index in [9.17, 15) is 18.0 Å². The van der Waals surface area contributed by atoms with Crippen molar-refractivity contribution >= 4 is 27.5 Å². The highest BCUT2D eigenvalue weighted by atomic mass is 32.2. The SMILES string of the molecule is COc1cccc(CC(=O)N2CCN(S(=O)(=O)c3ccc4c(c3)NC(=O)[C@H](C)O4)CC2)c1. The molecule has 2 aliphatic rings. The van der Waals surface area contributed by atoms with Gasteiger partial charge in [-0.3, -0.25) is 9.59 Å². The van der Waals surface area contributed by atoms with Gasteiger partial charge in [0.15, 0.2) is 6.10 Å². The van der Waals surface area contributed by atoms with Crippen LogP contribution in [0.2, 0.25) is 0 Å². The molecule has 1 fully saturated rings. The fourth-order valence-corrected chi connectivity index (χ4v) is 5.19. The van der Waals surface area contributed by atoms with Crippen molar-refractivity contribution in [3.63, 3.8) is 0 Å². The molecule has 32 heavy (non-hydrogen) atoms. The Hall–Kier alpha value is -3.11. The van der Waals surface area contributed by atoms with Gasteiger partial charge in [0.25, 0.3) is 5.91 Å². The number of hydrogen-bond acceptors (Lipinski definition) is 6. The molecule has 1 saturated heterocycles. The van der Waals surface area contributed by atoms with Gasteiger partial charge in [-0.25, -0.2) is 8.42 Å². The van der Waals surface area contributed by atoms with Gasteiger partial charge in [-0.05, 0) is 42.8 Å². The van der Waals surface area contributed by atoms with Gasteiger partial charge in [-0.2, -0.15) is 4.31 Å². The summed E-state index contributed by atoms with van der Waals surface area (Å²) in [6.07, 6.45) is -0.403.